The fourth-order valence-corrected chi connectivity index (χ4v) is 5.15. The van der Waals surface area contributed by atoms with Crippen molar-refractivity contribution < 1.29 is 19.4 Å². The van der Waals surface area contributed by atoms with Crippen LogP contribution in [0.2, 0.25) is 0 Å². The smallest absolute Gasteiger partial charge is 0.306 e. The number of hydrogen-bond acceptors (Lipinski definition) is 4. The Hall–Kier alpha value is -5.20. The van der Waals surface area contributed by atoms with E-state index < -0.39 is 12.1 Å². The highest BCUT2D eigenvalue weighted by molar-refractivity contribution is 5.83. The summed E-state index contributed by atoms with van der Waals surface area (Å²) in [5.74, 6) is -0.538. The second kappa shape index (κ2) is 16.0. The van der Waals surface area contributed by atoms with E-state index in [2.05, 4.69) is 41.7 Å². The maximum absolute atomic E-state index is 13.7. The van der Waals surface area contributed by atoms with Crippen molar-refractivity contribution in [2.24, 2.45) is 0 Å². The monoisotopic (exact) mass is 598 g/mol. The van der Waals surface area contributed by atoms with E-state index in [1.165, 1.54) is 0 Å². The minimum Gasteiger partial charge on any atom is -0.461 e. The molecule has 2 atom stereocenters. The summed E-state index contributed by atoms with van der Waals surface area (Å²) in [6, 6.07) is 38.8. The Morgan fingerprint density at radius 3 is 1.96 bits per heavy atom. The molecule has 0 bridgehead atoms. The van der Waals surface area contributed by atoms with Crippen LogP contribution in [0.25, 0.3) is 22.3 Å². The van der Waals surface area contributed by atoms with Crippen molar-refractivity contribution in [2.45, 2.75) is 38.0 Å². The summed E-state index contributed by atoms with van der Waals surface area (Å²) in [7, 11) is 0. The molecule has 1 heterocycles. The second-order valence-electron chi connectivity index (χ2n) is 10.9. The van der Waals surface area contributed by atoms with Crippen molar-refractivity contribution in [1.82, 2.24) is 9.88 Å². The number of ether oxygens (including phenoxy) is 1. The molecule has 0 aliphatic rings. The third kappa shape index (κ3) is 9.15. The average Bonchev–Trinajstić information content (AvgIpc) is 3.58. The Balaban J connectivity index is 1.28. The van der Waals surface area contributed by atoms with Gasteiger partial charge in [-0.15, -0.1) is 0 Å². The van der Waals surface area contributed by atoms with Gasteiger partial charge in [-0.05, 0) is 52.3 Å². The van der Waals surface area contributed by atoms with E-state index in [1.807, 2.05) is 108 Å². The zero-order valence-electron chi connectivity index (χ0n) is 25.2. The van der Waals surface area contributed by atoms with Crippen molar-refractivity contribution in [1.29, 1.82) is 0 Å². The van der Waals surface area contributed by atoms with Crippen molar-refractivity contribution in [3.05, 3.63) is 157 Å². The minimum atomic E-state index is -0.674. The number of nitrogens with zero attached hydrogens (tertiary/aromatic N) is 1. The highest BCUT2D eigenvalue weighted by Gasteiger charge is 2.21. The quantitative estimate of drug-likeness (QED) is 0.105. The summed E-state index contributed by atoms with van der Waals surface area (Å²) in [5.41, 5.74) is 6.27. The highest BCUT2D eigenvalue weighted by Crippen LogP contribution is 2.26. The molecule has 5 aromatic rings. The van der Waals surface area contributed by atoms with Gasteiger partial charge in [-0.1, -0.05) is 127 Å². The number of carbonyl (C=O) groups excluding carboxylic acids is 2. The van der Waals surface area contributed by atoms with Gasteiger partial charge in [0.2, 0.25) is 5.91 Å². The van der Waals surface area contributed by atoms with Crippen molar-refractivity contribution in [2.75, 3.05) is 6.61 Å². The molecule has 1 amide bonds. The third-order valence-corrected chi connectivity index (χ3v) is 7.60. The Kier molecular flexibility index (Phi) is 11.1. The summed E-state index contributed by atoms with van der Waals surface area (Å²) >= 11 is 0. The molecule has 0 spiro atoms. The predicted octanol–water partition coefficient (Wildman–Crippen LogP) is 7.16. The molecule has 5 rings (SSSR count). The van der Waals surface area contributed by atoms with Gasteiger partial charge in [0.05, 0.1) is 12.6 Å². The molecule has 6 nitrogen and oxygen atoms in total. The molecule has 228 valence electrons. The fourth-order valence-electron chi connectivity index (χ4n) is 5.15. The fraction of sp³-hybridized carbons (Fsp3) is 0.179. The normalized spacial score (nSPS) is 12.5. The van der Waals surface area contributed by atoms with E-state index in [1.54, 1.807) is 6.08 Å². The van der Waals surface area contributed by atoms with Gasteiger partial charge in [-0.3, -0.25) is 9.59 Å². The number of hydrogen-bond donors (Lipinski definition) is 2. The van der Waals surface area contributed by atoms with E-state index >= 15 is 0 Å². The minimum absolute atomic E-state index is 0.186. The number of aliphatic hydroxyl groups excluding tert-OH is 1. The summed E-state index contributed by atoms with van der Waals surface area (Å²) in [5, 5.41) is 13.1. The predicted molar refractivity (Wildman–Crippen MR) is 178 cm³/mol. The van der Waals surface area contributed by atoms with Gasteiger partial charge in [0, 0.05) is 18.8 Å². The largest absolute Gasteiger partial charge is 0.461 e. The van der Waals surface area contributed by atoms with Crippen LogP contribution in [0.4, 0.5) is 0 Å². The number of carbonyl (C=O) groups is 2. The van der Waals surface area contributed by atoms with Gasteiger partial charge in [0.1, 0.15) is 12.6 Å². The van der Waals surface area contributed by atoms with E-state index in [0.717, 1.165) is 33.4 Å². The zero-order valence-corrected chi connectivity index (χ0v) is 25.2. The molecule has 6 heteroatoms. The lowest BCUT2D eigenvalue weighted by atomic mass is 10.0. The number of benzene rings is 4. The van der Waals surface area contributed by atoms with Crippen LogP contribution in [0.1, 0.15) is 30.0 Å². The van der Waals surface area contributed by atoms with Crippen LogP contribution in [0.3, 0.4) is 0 Å². The molecule has 0 saturated heterocycles. The van der Waals surface area contributed by atoms with Gasteiger partial charge >= 0.3 is 5.97 Å². The highest BCUT2D eigenvalue weighted by atomic mass is 16.5. The van der Waals surface area contributed by atoms with Gasteiger partial charge < -0.3 is 19.7 Å². The van der Waals surface area contributed by atoms with Crippen LogP contribution < -0.4 is 5.32 Å². The Labute approximate surface area is 264 Å². The van der Waals surface area contributed by atoms with Crippen molar-refractivity contribution in [3.63, 3.8) is 0 Å². The van der Waals surface area contributed by atoms with E-state index in [4.69, 9.17) is 4.74 Å². The van der Waals surface area contributed by atoms with Gasteiger partial charge in [-0.2, -0.15) is 0 Å². The number of esters is 1. The molecule has 4 aromatic carbocycles. The number of allylic oxidation sites excluding steroid dienone is 1. The average molecular weight is 599 g/mol. The number of nitrogens with one attached hydrogen (secondary N) is 1. The van der Waals surface area contributed by atoms with Crippen molar-refractivity contribution in [3.8, 4) is 22.3 Å². The van der Waals surface area contributed by atoms with Crippen LogP contribution in [-0.4, -0.2) is 34.2 Å². The van der Waals surface area contributed by atoms with E-state index in [-0.39, 0.29) is 31.5 Å². The number of amides is 1. The first kappa shape index (κ1) is 31.2. The van der Waals surface area contributed by atoms with Crippen LogP contribution in [0, 0.1) is 0 Å². The van der Waals surface area contributed by atoms with Gasteiger partial charge in [0.15, 0.2) is 0 Å². The first-order chi connectivity index (χ1) is 22.1. The number of rotatable bonds is 14. The first-order valence-electron chi connectivity index (χ1n) is 15.2. The molecule has 45 heavy (non-hydrogen) atoms. The second-order valence-corrected chi connectivity index (χ2v) is 10.9. The maximum atomic E-state index is 13.7. The Bertz CT molecular complexity index is 1660. The Morgan fingerprint density at radius 1 is 0.733 bits per heavy atom. The van der Waals surface area contributed by atoms with Crippen LogP contribution in [0.15, 0.2) is 146 Å². The SMILES string of the molecule is O=C(CCC=C[C@H](C(=O)N[C@H](CO)Cc1ccccc1)n1ccc(-c2ccc(-c3ccccc3)cc2)c1)OCc1ccccc1. The van der Waals surface area contributed by atoms with Crippen LogP contribution in [0.5, 0.6) is 0 Å². The molecule has 0 fully saturated rings. The topological polar surface area (TPSA) is 80.6 Å². The molecule has 0 aliphatic heterocycles. The molecule has 0 aliphatic carbocycles. The molecule has 0 unspecified atom stereocenters. The molecule has 0 radical (unpaired) electrons. The summed E-state index contributed by atoms with van der Waals surface area (Å²) in [6.45, 7) is 0.0475. The van der Waals surface area contributed by atoms with Gasteiger partial charge in [-0.25, -0.2) is 0 Å². The lowest BCUT2D eigenvalue weighted by Gasteiger charge is -2.21. The summed E-state index contributed by atoms with van der Waals surface area (Å²) in [4.78, 5) is 26.0. The summed E-state index contributed by atoms with van der Waals surface area (Å²) in [6.07, 6.45) is 8.62. The van der Waals surface area contributed by atoms with E-state index in [9.17, 15) is 14.7 Å². The van der Waals surface area contributed by atoms with Crippen LogP contribution in [-0.2, 0) is 27.4 Å². The standard InChI is InChI=1S/C39H38N2O4/c42-28-36(26-30-12-4-1-5-13-30)40-39(44)37(18-10-11-19-38(43)45-29-31-14-6-2-7-15-31)41-25-24-35(27-41)34-22-20-33(21-23-34)32-16-8-3-9-17-32/h1-10,12-18,20-25,27,36-37,42H,11,19,26,28-29H2,(H,40,44)/t36-,37+/m0/s1. The first-order valence-corrected chi connectivity index (χ1v) is 15.2. The molecule has 1 aromatic heterocycles. The molecular weight excluding hydrogens is 560 g/mol. The lowest BCUT2D eigenvalue weighted by molar-refractivity contribution is -0.144. The van der Waals surface area contributed by atoms with E-state index in [0.29, 0.717) is 12.8 Å². The Morgan fingerprint density at radius 2 is 1.31 bits per heavy atom. The third-order valence-electron chi connectivity index (χ3n) is 7.60. The molecule has 2 N–H and O–H groups in total. The maximum Gasteiger partial charge on any atom is 0.306 e. The summed E-state index contributed by atoms with van der Waals surface area (Å²) < 4.78 is 7.25. The molecular formula is C39H38N2O4. The number of aliphatic hydroxyl groups is 1. The number of aromatic nitrogens is 1. The van der Waals surface area contributed by atoms with Crippen LogP contribution >= 0.6 is 0 Å². The van der Waals surface area contributed by atoms with Gasteiger partial charge in [0.25, 0.3) is 0 Å². The van der Waals surface area contributed by atoms with Crippen molar-refractivity contribution >= 4 is 11.9 Å². The lowest BCUT2D eigenvalue weighted by Crippen LogP contribution is -2.42. The molecule has 0 saturated carbocycles. The zero-order chi connectivity index (χ0) is 31.3.